The average molecular weight is 231 g/mol. The van der Waals surface area contributed by atoms with Crippen LogP contribution in [0.3, 0.4) is 0 Å². The lowest BCUT2D eigenvalue weighted by molar-refractivity contribution is 0.381. The fourth-order valence-corrected chi connectivity index (χ4v) is 3.44. The number of fused-ring (bicyclic) bond motifs is 1. The van der Waals surface area contributed by atoms with E-state index in [1.54, 1.807) is 0 Å². The summed E-state index contributed by atoms with van der Waals surface area (Å²) < 4.78 is 1.41. The first-order chi connectivity index (χ1) is 7.83. The molecule has 2 heterocycles. The second kappa shape index (κ2) is 4.19. The monoisotopic (exact) mass is 231 g/mol. The third kappa shape index (κ3) is 1.87. The molecule has 0 radical (unpaired) electrons. The Balaban J connectivity index is 1.92. The van der Waals surface area contributed by atoms with Crippen molar-refractivity contribution in [2.45, 2.75) is 31.7 Å². The predicted molar refractivity (Wildman–Crippen MR) is 71.3 cm³/mol. The third-order valence-corrected chi connectivity index (χ3v) is 4.47. The number of nitrogens with one attached hydrogen (secondary N) is 1. The summed E-state index contributed by atoms with van der Waals surface area (Å²) in [5.41, 5.74) is 1.53. The zero-order chi connectivity index (χ0) is 11.0. The summed E-state index contributed by atoms with van der Waals surface area (Å²) in [6.45, 7) is 3.45. The Morgan fingerprint density at radius 1 is 1.31 bits per heavy atom. The minimum atomic E-state index is 0.664. The summed E-state index contributed by atoms with van der Waals surface area (Å²) in [5.74, 6) is 0.751. The van der Waals surface area contributed by atoms with Gasteiger partial charge in [-0.25, -0.2) is 0 Å². The molecule has 0 amide bonds. The highest BCUT2D eigenvalue weighted by atomic mass is 32.1. The van der Waals surface area contributed by atoms with Gasteiger partial charge in [0.05, 0.1) is 0 Å². The van der Waals surface area contributed by atoms with Crippen molar-refractivity contribution in [1.82, 2.24) is 5.32 Å². The number of rotatable bonds is 1. The molecule has 1 aliphatic rings. The van der Waals surface area contributed by atoms with Crippen molar-refractivity contribution in [2.75, 3.05) is 6.54 Å². The van der Waals surface area contributed by atoms with Crippen LogP contribution in [0.25, 0.3) is 10.1 Å². The molecule has 3 rings (SSSR count). The quantitative estimate of drug-likeness (QED) is 0.788. The zero-order valence-electron chi connectivity index (χ0n) is 9.57. The molecule has 1 aliphatic heterocycles. The third-order valence-electron chi connectivity index (χ3n) is 3.57. The Morgan fingerprint density at radius 3 is 3.12 bits per heavy atom. The predicted octanol–water partition coefficient (Wildman–Crippen LogP) is 3.76. The van der Waals surface area contributed by atoms with E-state index in [0.717, 1.165) is 12.5 Å². The smallest absolute Gasteiger partial charge is 0.0342 e. The molecule has 2 heteroatoms. The summed E-state index contributed by atoms with van der Waals surface area (Å²) in [7, 11) is 0. The van der Waals surface area contributed by atoms with Gasteiger partial charge in [0.15, 0.2) is 0 Å². The minimum Gasteiger partial charge on any atom is -0.314 e. The molecule has 1 aromatic carbocycles. The number of thiophene rings is 1. The maximum absolute atomic E-state index is 3.52. The molecule has 0 spiro atoms. The highest BCUT2D eigenvalue weighted by Crippen LogP contribution is 2.31. The van der Waals surface area contributed by atoms with Crippen LogP contribution in [0.15, 0.2) is 29.6 Å². The molecule has 1 fully saturated rings. The van der Waals surface area contributed by atoms with Gasteiger partial charge in [0.2, 0.25) is 0 Å². The molecule has 0 aliphatic carbocycles. The molecule has 1 N–H and O–H groups in total. The second-order valence-corrected chi connectivity index (χ2v) is 5.74. The van der Waals surface area contributed by atoms with Gasteiger partial charge in [-0.2, -0.15) is 0 Å². The molecule has 16 heavy (non-hydrogen) atoms. The van der Waals surface area contributed by atoms with E-state index in [9.17, 15) is 0 Å². The topological polar surface area (TPSA) is 12.0 Å². The van der Waals surface area contributed by atoms with E-state index >= 15 is 0 Å². The molecular weight excluding hydrogens is 214 g/mol. The van der Waals surface area contributed by atoms with E-state index < -0.39 is 0 Å². The molecule has 2 aromatic rings. The number of piperidine rings is 1. The number of benzene rings is 1. The summed E-state index contributed by atoms with van der Waals surface area (Å²) in [4.78, 5) is 0. The molecular formula is C14H17NS. The lowest BCUT2D eigenvalue weighted by atomic mass is 9.86. The highest BCUT2D eigenvalue weighted by Gasteiger charge is 2.19. The van der Waals surface area contributed by atoms with Gasteiger partial charge in [0.25, 0.3) is 0 Å². The molecule has 84 valence electrons. The van der Waals surface area contributed by atoms with Crippen LogP contribution in [0.1, 0.15) is 31.2 Å². The summed E-state index contributed by atoms with van der Waals surface area (Å²) in [6, 6.07) is 9.88. The maximum Gasteiger partial charge on any atom is 0.0342 e. The van der Waals surface area contributed by atoms with Gasteiger partial charge < -0.3 is 5.32 Å². The van der Waals surface area contributed by atoms with Gasteiger partial charge in [-0.1, -0.05) is 12.1 Å². The second-order valence-electron chi connectivity index (χ2n) is 4.79. The van der Waals surface area contributed by atoms with Gasteiger partial charge in [-0.05, 0) is 60.7 Å². The van der Waals surface area contributed by atoms with E-state index in [4.69, 9.17) is 0 Å². The Hall–Kier alpha value is -0.860. The first kappa shape index (κ1) is 10.3. The zero-order valence-corrected chi connectivity index (χ0v) is 10.4. The van der Waals surface area contributed by atoms with Crippen molar-refractivity contribution in [2.24, 2.45) is 0 Å². The summed E-state index contributed by atoms with van der Waals surface area (Å²) >= 11 is 1.83. The molecule has 1 saturated heterocycles. The van der Waals surface area contributed by atoms with Crippen molar-refractivity contribution in [1.29, 1.82) is 0 Å². The molecule has 0 bridgehead atoms. The first-order valence-electron chi connectivity index (χ1n) is 6.03. The van der Waals surface area contributed by atoms with Crippen molar-refractivity contribution in [3.8, 4) is 0 Å². The molecule has 0 unspecified atom stereocenters. The Labute approximate surface area is 100 Å². The number of hydrogen-bond acceptors (Lipinski definition) is 2. The normalized spacial score (nSPS) is 26.1. The van der Waals surface area contributed by atoms with Crippen LogP contribution < -0.4 is 5.32 Å². The summed E-state index contributed by atoms with van der Waals surface area (Å²) in [5, 5.41) is 7.11. The minimum absolute atomic E-state index is 0.664. The first-order valence-corrected chi connectivity index (χ1v) is 6.91. The Kier molecular flexibility index (Phi) is 2.70. The fraction of sp³-hybridized carbons (Fsp3) is 0.429. The average Bonchev–Trinajstić information content (AvgIpc) is 2.75. The lowest BCUT2D eigenvalue weighted by Crippen LogP contribution is -2.34. The van der Waals surface area contributed by atoms with Crippen molar-refractivity contribution in [3.63, 3.8) is 0 Å². The molecule has 1 aromatic heterocycles. The molecule has 2 atom stereocenters. The SMILES string of the molecule is C[C@H]1C[C@@H](c2ccc3sccc3c2)CCN1. The van der Waals surface area contributed by atoms with E-state index in [1.807, 2.05) is 11.3 Å². The molecule has 1 nitrogen and oxygen atoms in total. The maximum atomic E-state index is 3.52. The number of hydrogen-bond donors (Lipinski definition) is 1. The van der Waals surface area contributed by atoms with Crippen LogP contribution in [0.4, 0.5) is 0 Å². The van der Waals surface area contributed by atoms with E-state index in [-0.39, 0.29) is 0 Å². The van der Waals surface area contributed by atoms with E-state index in [2.05, 4.69) is 41.9 Å². The van der Waals surface area contributed by atoms with Crippen LogP contribution in [0.2, 0.25) is 0 Å². The van der Waals surface area contributed by atoms with Crippen molar-refractivity contribution < 1.29 is 0 Å². The fourth-order valence-electron chi connectivity index (χ4n) is 2.67. The van der Waals surface area contributed by atoms with Crippen LogP contribution in [0.5, 0.6) is 0 Å². The van der Waals surface area contributed by atoms with Gasteiger partial charge in [0.1, 0.15) is 0 Å². The summed E-state index contributed by atoms with van der Waals surface area (Å²) in [6.07, 6.45) is 2.55. The lowest BCUT2D eigenvalue weighted by Gasteiger charge is -2.28. The van der Waals surface area contributed by atoms with Gasteiger partial charge in [-0.3, -0.25) is 0 Å². The Morgan fingerprint density at radius 2 is 2.25 bits per heavy atom. The van der Waals surface area contributed by atoms with Crippen molar-refractivity contribution in [3.05, 3.63) is 35.2 Å². The van der Waals surface area contributed by atoms with E-state index in [0.29, 0.717) is 6.04 Å². The van der Waals surface area contributed by atoms with Crippen molar-refractivity contribution >= 4 is 21.4 Å². The Bertz CT molecular complexity index is 488. The van der Waals surface area contributed by atoms with Gasteiger partial charge >= 0.3 is 0 Å². The van der Waals surface area contributed by atoms with E-state index in [1.165, 1.54) is 28.5 Å². The molecule has 0 saturated carbocycles. The van der Waals surface area contributed by atoms with Crippen LogP contribution in [-0.4, -0.2) is 12.6 Å². The standard InChI is InChI=1S/C14H17NS/c1-10-8-12(4-6-15-10)11-2-3-14-13(9-11)5-7-16-14/h2-3,5,7,9-10,12,15H,4,6,8H2,1H3/t10-,12-/m0/s1. The largest absolute Gasteiger partial charge is 0.314 e. The highest BCUT2D eigenvalue weighted by molar-refractivity contribution is 7.17. The van der Waals surface area contributed by atoms with Crippen LogP contribution >= 0.6 is 11.3 Å². The van der Waals surface area contributed by atoms with Gasteiger partial charge in [-0.15, -0.1) is 11.3 Å². The van der Waals surface area contributed by atoms with Gasteiger partial charge in [0, 0.05) is 10.7 Å². The van der Waals surface area contributed by atoms with Crippen LogP contribution in [0, 0.1) is 0 Å². The van der Waals surface area contributed by atoms with Crippen LogP contribution in [-0.2, 0) is 0 Å².